The smallest absolute Gasteiger partial charge is 0.271 e. The molecule has 0 saturated heterocycles. The molecule has 1 N–H and O–H groups in total. The van der Waals surface area contributed by atoms with Crippen molar-refractivity contribution in [2.24, 2.45) is 0 Å². The number of fused-ring (bicyclic) bond motifs is 2. The molecule has 0 radical (unpaired) electrons. The lowest BCUT2D eigenvalue weighted by Crippen LogP contribution is -2.13. The van der Waals surface area contributed by atoms with Crippen LogP contribution in [0.4, 0.5) is 11.4 Å². The molecule has 0 saturated carbocycles. The lowest BCUT2D eigenvalue weighted by molar-refractivity contribution is -0.384. The third-order valence-electron chi connectivity index (χ3n) is 5.02. The van der Waals surface area contributed by atoms with E-state index in [1.807, 2.05) is 36.4 Å². The van der Waals surface area contributed by atoms with Gasteiger partial charge in [0.15, 0.2) is 5.58 Å². The number of benzene rings is 4. The van der Waals surface area contributed by atoms with E-state index in [4.69, 9.17) is 4.42 Å². The highest BCUT2D eigenvalue weighted by Gasteiger charge is 2.17. The van der Waals surface area contributed by atoms with Gasteiger partial charge in [-0.3, -0.25) is 14.9 Å². The lowest BCUT2D eigenvalue weighted by Gasteiger charge is -2.10. The largest absolute Gasteiger partial charge is 0.436 e. The maximum absolute atomic E-state index is 13.1. The SMILES string of the molecule is O=C(Nc1ccccc1-c1nc2cc([N+](=O)[O-])ccc2o1)c1cccc2ccccc12. The summed E-state index contributed by atoms with van der Waals surface area (Å²) < 4.78 is 5.80. The van der Waals surface area contributed by atoms with Crippen LogP contribution in [0.1, 0.15) is 10.4 Å². The number of carbonyl (C=O) groups excluding carboxylic acids is 1. The molecule has 0 atom stereocenters. The Hall–Kier alpha value is -4.52. The van der Waals surface area contributed by atoms with Crippen LogP contribution in [0.3, 0.4) is 0 Å². The van der Waals surface area contributed by atoms with Gasteiger partial charge in [0.2, 0.25) is 5.89 Å². The molecule has 0 fully saturated rings. The van der Waals surface area contributed by atoms with Gasteiger partial charge in [-0.15, -0.1) is 0 Å². The molecule has 4 aromatic carbocycles. The predicted octanol–water partition coefficient (Wildman–Crippen LogP) is 5.81. The number of aromatic nitrogens is 1. The van der Waals surface area contributed by atoms with Crippen LogP contribution in [0.2, 0.25) is 0 Å². The van der Waals surface area contributed by atoms with Crippen molar-refractivity contribution < 1.29 is 14.1 Å². The first-order valence-electron chi connectivity index (χ1n) is 9.54. The Kier molecular flexibility index (Phi) is 4.41. The number of nitro groups is 1. The molecular formula is C24H15N3O4. The first-order chi connectivity index (χ1) is 15.1. The average molecular weight is 409 g/mol. The van der Waals surface area contributed by atoms with Gasteiger partial charge in [-0.2, -0.15) is 0 Å². The number of anilines is 1. The monoisotopic (exact) mass is 409 g/mol. The van der Waals surface area contributed by atoms with Crippen molar-refractivity contribution in [1.29, 1.82) is 0 Å². The van der Waals surface area contributed by atoms with Gasteiger partial charge in [0.05, 0.1) is 16.2 Å². The first-order valence-corrected chi connectivity index (χ1v) is 9.54. The van der Waals surface area contributed by atoms with E-state index in [1.54, 1.807) is 30.3 Å². The Morgan fingerprint density at radius 2 is 1.71 bits per heavy atom. The quantitative estimate of drug-likeness (QED) is 0.298. The highest BCUT2D eigenvalue weighted by molar-refractivity contribution is 6.13. The predicted molar refractivity (Wildman–Crippen MR) is 118 cm³/mol. The summed E-state index contributed by atoms with van der Waals surface area (Å²) in [5.41, 5.74) is 2.40. The molecule has 1 aromatic heterocycles. The van der Waals surface area contributed by atoms with Crippen LogP contribution >= 0.6 is 0 Å². The van der Waals surface area contributed by atoms with Crippen LogP contribution in [-0.4, -0.2) is 15.8 Å². The van der Waals surface area contributed by atoms with Gasteiger partial charge in [-0.1, -0.05) is 48.5 Å². The summed E-state index contributed by atoms with van der Waals surface area (Å²) in [6.45, 7) is 0. The van der Waals surface area contributed by atoms with Crippen molar-refractivity contribution in [3.63, 3.8) is 0 Å². The number of oxazole rings is 1. The van der Waals surface area contributed by atoms with Crippen molar-refractivity contribution in [1.82, 2.24) is 4.98 Å². The number of rotatable bonds is 4. The summed E-state index contributed by atoms with van der Waals surface area (Å²) in [5, 5.41) is 15.8. The molecule has 150 valence electrons. The van der Waals surface area contributed by atoms with Gasteiger partial charge in [0.25, 0.3) is 11.6 Å². The molecule has 31 heavy (non-hydrogen) atoms. The number of nitrogens with zero attached hydrogens (tertiary/aromatic N) is 2. The van der Waals surface area contributed by atoms with E-state index in [9.17, 15) is 14.9 Å². The van der Waals surface area contributed by atoms with E-state index in [0.717, 1.165) is 10.8 Å². The molecule has 7 nitrogen and oxygen atoms in total. The van der Waals surface area contributed by atoms with Crippen molar-refractivity contribution in [3.8, 4) is 11.5 Å². The Balaban J connectivity index is 1.53. The molecule has 1 heterocycles. The molecule has 0 aliphatic heterocycles. The lowest BCUT2D eigenvalue weighted by atomic mass is 10.0. The first kappa shape index (κ1) is 18.5. The minimum Gasteiger partial charge on any atom is -0.436 e. The summed E-state index contributed by atoms with van der Waals surface area (Å²) >= 11 is 0. The fourth-order valence-electron chi connectivity index (χ4n) is 3.54. The van der Waals surface area contributed by atoms with Gasteiger partial charge in [0.1, 0.15) is 5.52 Å². The highest BCUT2D eigenvalue weighted by atomic mass is 16.6. The molecule has 5 rings (SSSR count). The molecule has 0 spiro atoms. The number of nitrogens with one attached hydrogen (secondary N) is 1. The minimum atomic E-state index is -0.480. The summed E-state index contributed by atoms with van der Waals surface area (Å²) in [6, 6.07) is 24.6. The molecular weight excluding hydrogens is 394 g/mol. The van der Waals surface area contributed by atoms with Crippen molar-refractivity contribution in [2.45, 2.75) is 0 Å². The van der Waals surface area contributed by atoms with E-state index in [2.05, 4.69) is 10.3 Å². The number of nitro benzene ring substituents is 1. The molecule has 0 unspecified atom stereocenters. The molecule has 5 aromatic rings. The zero-order valence-corrected chi connectivity index (χ0v) is 16.1. The second kappa shape index (κ2) is 7.38. The van der Waals surface area contributed by atoms with E-state index >= 15 is 0 Å². The van der Waals surface area contributed by atoms with Gasteiger partial charge in [-0.25, -0.2) is 4.98 Å². The average Bonchev–Trinajstić information content (AvgIpc) is 3.22. The maximum atomic E-state index is 13.1. The zero-order valence-electron chi connectivity index (χ0n) is 16.1. The molecule has 0 bridgehead atoms. The number of carbonyl (C=O) groups is 1. The standard InChI is InChI=1S/C24H15N3O4/c28-23(18-10-5-7-15-6-1-2-8-17(15)18)25-20-11-4-3-9-19(20)24-26-21-14-16(27(29)30)12-13-22(21)31-24/h1-14H,(H,25,28). The van der Waals surface area contributed by atoms with Gasteiger partial charge in [0, 0.05) is 17.7 Å². The summed E-state index contributed by atoms with van der Waals surface area (Å²) in [5.74, 6) is 0.0142. The molecule has 1 amide bonds. The van der Waals surface area contributed by atoms with E-state index in [0.29, 0.717) is 27.9 Å². The Bertz CT molecular complexity index is 1470. The fourth-order valence-corrected chi connectivity index (χ4v) is 3.54. The number of amides is 1. The molecule has 7 heteroatoms. The fraction of sp³-hybridized carbons (Fsp3) is 0. The van der Waals surface area contributed by atoms with Crippen LogP contribution in [0, 0.1) is 10.1 Å². The third-order valence-corrected chi connectivity index (χ3v) is 5.02. The van der Waals surface area contributed by atoms with Crippen molar-refractivity contribution >= 4 is 39.2 Å². The third kappa shape index (κ3) is 3.38. The van der Waals surface area contributed by atoms with Gasteiger partial charge in [-0.05, 0) is 35.0 Å². The number of hydrogen-bond donors (Lipinski definition) is 1. The van der Waals surface area contributed by atoms with Gasteiger partial charge >= 0.3 is 0 Å². The Labute approximate surface area is 176 Å². The van der Waals surface area contributed by atoms with Crippen LogP contribution in [0.15, 0.2) is 89.3 Å². The van der Waals surface area contributed by atoms with Crippen LogP contribution < -0.4 is 5.32 Å². The zero-order chi connectivity index (χ0) is 21.4. The summed E-state index contributed by atoms with van der Waals surface area (Å²) in [7, 11) is 0. The number of para-hydroxylation sites is 1. The number of non-ortho nitro benzene ring substituents is 1. The summed E-state index contributed by atoms with van der Waals surface area (Å²) in [4.78, 5) is 28.0. The minimum absolute atomic E-state index is 0.0649. The molecule has 0 aliphatic carbocycles. The van der Waals surface area contributed by atoms with E-state index in [-0.39, 0.29) is 17.5 Å². The van der Waals surface area contributed by atoms with Gasteiger partial charge < -0.3 is 9.73 Å². The van der Waals surface area contributed by atoms with Crippen molar-refractivity contribution in [2.75, 3.05) is 5.32 Å². The maximum Gasteiger partial charge on any atom is 0.271 e. The number of hydrogen-bond acceptors (Lipinski definition) is 5. The Morgan fingerprint density at radius 1 is 0.935 bits per heavy atom. The second-order valence-corrected chi connectivity index (χ2v) is 6.95. The topological polar surface area (TPSA) is 98.3 Å². The Morgan fingerprint density at radius 3 is 2.58 bits per heavy atom. The van der Waals surface area contributed by atoms with E-state index in [1.165, 1.54) is 18.2 Å². The van der Waals surface area contributed by atoms with Crippen LogP contribution in [-0.2, 0) is 0 Å². The van der Waals surface area contributed by atoms with Crippen LogP contribution in [0.25, 0.3) is 33.3 Å². The summed E-state index contributed by atoms with van der Waals surface area (Å²) in [6.07, 6.45) is 0. The van der Waals surface area contributed by atoms with Crippen molar-refractivity contribution in [3.05, 3.63) is 101 Å². The van der Waals surface area contributed by atoms with Crippen LogP contribution in [0.5, 0.6) is 0 Å². The molecule has 0 aliphatic rings. The second-order valence-electron chi connectivity index (χ2n) is 6.95. The highest BCUT2D eigenvalue weighted by Crippen LogP contribution is 2.32. The normalized spacial score (nSPS) is 11.0. The van der Waals surface area contributed by atoms with E-state index < -0.39 is 4.92 Å².